The minimum Gasteiger partial charge on any atom is -0.381 e. The van der Waals surface area contributed by atoms with Crippen LogP contribution in [0.4, 0.5) is 0 Å². The van der Waals surface area contributed by atoms with E-state index < -0.39 is 0 Å². The van der Waals surface area contributed by atoms with E-state index in [9.17, 15) is 0 Å². The summed E-state index contributed by atoms with van der Waals surface area (Å²) >= 11 is 12.8. The Bertz CT molecular complexity index is 634. The maximum Gasteiger partial charge on any atom is 0.193 e. The number of aliphatic imine (C=N–C) groups is 1. The maximum absolute atomic E-state index is 6.41. The third-order valence-corrected chi connectivity index (χ3v) is 6.09. The smallest absolute Gasteiger partial charge is 0.193 e. The first-order valence-electron chi connectivity index (χ1n) is 8.85. The summed E-state index contributed by atoms with van der Waals surface area (Å²) in [7, 11) is 1.84. The number of ether oxygens (including phenoxy) is 1. The summed E-state index contributed by atoms with van der Waals surface area (Å²) in [6, 6.07) is 5.66. The zero-order valence-corrected chi connectivity index (χ0v) is 16.8. The normalized spacial score (nSPS) is 24.4. The number of nitrogens with zero attached hydrogens (tertiary/aromatic N) is 2. The van der Waals surface area contributed by atoms with Crippen molar-refractivity contribution in [3.63, 3.8) is 0 Å². The fourth-order valence-corrected chi connectivity index (χ4v) is 4.86. The van der Waals surface area contributed by atoms with Gasteiger partial charge in [-0.2, -0.15) is 0 Å². The van der Waals surface area contributed by atoms with Gasteiger partial charge in [-0.3, -0.25) is 4.99 Å². The van der Waals surface area contributed by atoms with Crippen LogP contribution in [0.1, 0.15) is 32.3 Å². The zero-order chi connectivity index (χ0) is 18.1. The molecule has 0 aliphatic carbocycles. The van der Waals surface area contributed by atoms with Crippen molar-refractivity contribution in [2.45, 2.75) is 32.1 Å². The van der Waals surface area contributed by atoms with Gasteiger partial charge in [-0.25, -0.2) is 0 Å². The largest absolute Gasteiger partial charge is 0.381 e. The average molecular weight is 384 g/mol. The van der Waals surface area contributed by atoms with Gasteiger partial charge in [0.05, 0.1) is 6.61 Å². The molecule has 1 aromatic carbocycles. The lowest BCUT2D eigenvalue weighted by atomic mass is 9.84. The van der Waals surface area contributed by atoms with Crippen LogP contribution in [0, 0.1) is 5.41 Å². The Labute approximate surface area is 160 Å². The highest BCUT2D eigenvalue weighted by molar-refractivity contribution is 6.36. The van der Waals surface area contributed by atoms with Crippen molar-refractivity contribution in [3.05, 3.63) is 33.8 Å². The number of hydrogen-bond donors (Lipinski definition) is 1. The van der Waals surface area contributed by atoms with Gasteiger partial charge in [0.2, 0.25) is 0 Å². The second kappa shape index (κ2) is 7.34. The van der Waals surface area contributed by atoms with Crippen LogP contribution in [0.5, 0.6) is 0 Å². The molecule has 0 saturated carbocycles. The van der Waals surface area contributed by atoms with Gasteiger partial charge in [0, 0.05) is 54.2 Å². The van der Waals surface area contributed by atoms with Gasteiger partial charge in [0.1, 0.15) is 0 Å². The van der Waals surface area contributed by atoms with Crippen LogP contribution in [0.25, 0.3) is 0 Å². The second-order valence-electron chi connectivity index (χ2n) is 7.86. The van der Waals surface area contributed by atoms with Crippen molar-refractivity contribution in [3.8, 4) is 0 Å². The molecular weight excluding hydrogens is 357 g/mol. The standard InChI is InChI=1S/C19H27Cl2N3O/c1-18(2,16-14(20)5-4-6-15(16)21)11-23-17(22-3)24-9-7-19(12-24)8-10-25-13-19/h4-6H,7-13H2,1-3H3,(H,22,23). The molecule has 0 aromatic heterocycles. The quantitative estimate of drug-likeness (QED) is 0.633. The molecule has 138 valence electrons. The Morgan fingerprint density at radius 3 is 2.64 bits per heavy atom. The molecule has 6 heteroatoms. The number of guanidine groups is 1. The Balaban J connectivity index is 1.67. The number of hydrogen-bond acceptors (Lipinski definition) is 2. The molecule has 1 unspecified atom stereocenters. The zero-order valence-electron chi connectivity index (χ0n) is 15.2. The van der Waals surface area contributed by atoms with Crippen LogP contribution in [-0.4, -0.2) is 50.8 Å². The summed E-state index contributed by atoms with van der Waals surface area (Å²) in [5.41, 5.74) is 1.08. The molecule has 1 spiro atoms. The predicted molar refractivity (Wildman–Crippen MR) is 105 cm³/mol. The van der Waals surface area contributed by atoms with E-state index in [0.29, 0.717) is 22.0 Å². The number of halogens is 2. The van der Waals surface area contributed by atoms with Crippen molar-refractivity contribution < 1.29 is 4.74 Å². The summed E-state index contributed by atoms with van der Waals surface area (Å²) in [6.07, 6.45) is 2.33. The molecule has 3 rings (SSSR count). The van der Waals surface area contributed by atoms with Crippen LogP contribution < -0.4 is 5.32 Å². The molecule has 2 heterocycles. The van der Waals surface area contributed by atoms with E-state index in [1.54, 1.807) is 0 Å². The molecule has 2 aliphatic heterocycles. The fourth-order valence-electron chi connectivity index (χ4n) is 3.95. The number of benzene rings is 1. The first-order chi connectivity index (χ1) is 11.9. The lowest BCUT2D eigenvalue weighted by Crippen LogP contribution is -2.45. The fraction of sp³-hybridized carbons (Fsp3) is 0.632. The van der Waals surface area contributed by atoms with Gasteiger partial charge in [0.25, 0.3) is 0 Å². The van der Waals surface area contributed by atoms with Gasteiger partial charge in [-0.05, 0) is 30.5 Å². The average Bonchev–Trinajstić information content (AvgIpc) is 3.18. The second-order valence-corrected chi connectivity index (χ2v) is 8.67. The van der Waals surface area contributed by atoms with E-state index in [0.717, 1.165) is 44.2 Å². The van der Waals surface area contributed by atoms with Crippen molar-refractivity contribution in [2.75, 3.05) is 39.9 Å². The number of nitrogens with one attached hydrogen (secondary N) is 1. The van der Waals surface area contributed by atoms with Crippen LogP contribution in [0.3, 0.4) is 0 Å². The molecular formula is C19H27Cl2N3O. The lowest BCUT2D eigenvalue weighted by Gasteiger charge is -2.31. The van der Waals surface area contributed by atoms with Crippen LogP contribution in [0.15, 0.2) is 23.2 Å². The number of rotatable bonds is 3. The molecule has 25 heavy (non-hydrogen) atoms. The van der Waals surface area contributed by atoms with E-state index in [4.69, 9.17) is 27.9 Å². The minimum absolute atomic E-state index is 0.209. The van der Waals surface area contributed by atoms with E-state index >= 15 is 0 Å². The predicted octanol–water partition coefficient (Wildman–Crippen LogP) is 3.96. The summed E-state index contributed by atoms with van der Waals surface area (Å²) in [4.78, 5) is 6.84. The molecule has 2 fully saturated rings. The molecule has 0 bridgehead atoms. The van der Waals surface area contributed by atoms with Crippen molar-refractivity contribution >= 4 is 29.2 Å². The molecule has 1 N–H and O–H groups in total. The third-order valence-electron chi connectivity index (χ3n) is 5.46. The molecule has 0 amide bonds. The minimum atomic E-state index is -0.209. The lowest BCUT2D eigenvalue weighted by molar-refractivity contribution is 0.156. The van der Waals surface area contributed by atoms with Crippen molar-refractivity contribution in [1.29, 1.82) is 0 Å². The highest BCUT2D eigenvalue weighted by Crippen LogP contribution is 2.38. The van der Waals surface area contributed by atoms with Crippen LogP contribution >= 0.6 is 23.2 Å². The molecule has 1 atom stereocenters. The first kappa shape index (κ1) is 18.8. The highest BCUT2D eigenvalue weighted by atomic mass is 35.5. The maximum atomic E-state index is 6.41. The van der Waals surface area contributed by atoms with Gasteiger partial charge in [-0.1, -0.05) is 43.1 Å². The Hall–Kier alpha value is -0.970. The Morgan fingerprint density at radius 2 is 2.04 bits per heavy atom. The van der Waals surface area contributed by atoms with Gasteiger partial charge in [0.15, 0.2) is 5.96 Å². The summed E-state index contributed by atoms with van der Waals surface area (Å²) < 4.78 is 5.63. The summed E-state index contributed by atoms with van der Waals surface area (Å²) in [5.74, 6) is 0.944. The molecule has 1 aromatic rings. The topological polar surface area (TPSA) is 36.9 Å². The summed E-state index contributed by atoms with van der Waals surface area (Å²) in [6.45, 7) is 8.81. The SMILES string of the molecule is CN=C(NCC(C)(C)c1c(Cl)cccc1Cl)N1CCC2(CCOC2)C1. The van der Waals surface area contributed by atoms with Gasteiger partial charge >= 0.3 is 0 Å². The molecule has 2 aliphatic rings. The number of likely N-dealkylation sites (tertiary alicyclic amines) is 1. The Kier molecular flexibility index (Phi) is 5.52. The van der Waals surface area contributed by atoms with Gasteiger partial charge < -0.3 is 15.0 Å². The molecule has 0 radical (unpaired) electrons. The van der Waals surface area contributed by atoms with E-state index in [2.05, 4.69) is 29.1 Å². The Morgan fingerprint density at radius 1 is 1.32 bits per heavy atom. The van der Waals surface area contributed by atoms with Crippen molar-refractivity contribution in [2.24, 2.45) is 10.4 Å². The third kappa shape index (κ3) is 3.91. The van der Waals surface area contributed by atoms with Crippen LogP contribution in [-0.2, 0) is 10.2 Å². The van der Waals surface area contributed by atoms with E-state index in [-0.39, 0.29) is 5.41 Å². The molecule has 2 saturated heterocycles. The summed E-state index contributed by atoms with van der Waals surface area (Å²) in [5, 5.41) is 4.94. The highest BCUT2D eigenvalue weighted by Gasteiger charge is 2.42. The van der Waals surface area contributed by atoms with E-state index in [1.165, 1.54) is 6.42 Å². The van der Waals surface area contributed by atoms with Gasteiger partial charge in [-0.15, -0.1) is 0 Å². The van der Waals surface area contributed by atoms with E-state index in [1.807, 2.05) is 25.2 Å². The van der Waals surface area contributed by atoms with Crippen molar-refractivity contribution in [1.82, 2.24) is 10.2 Å². The first-order valence-corrected chi connectivity index (χ1v) is 9.60. The van der Waals surface area contributed by atoms with Crippen LogP contribution in [0.2, 0.25) is 10.0 Å². The molecule has 4 nitrogen and oxygen atoms in total. The monoisotopic (exact) mass is 383 g/mol.